The maximum Gasteiger partial charge on any atom is 0.410 e. The highest BCUT2D eigenvalue weighted by Gasteiger charge is 2.33. The molecular weight excluding hydrogens is 280 g/mol. The molecule has 6 nitrogen and oxygen atoms in total. The molecular formula is C16H22N4O2. The van der Waals surface area contributed by atoms with Crippen LogP contribution in [0.5, 0.6) is 0 Å². The topological polar surface area (TPSA) is 58.9 Å². The maximum atomic E-state index is 11.8. The highest BCUT2D eigenvalue weighted by Crippen LogP contribution is 2.15. The number of amides is 1. The quantitative estimate of drug-likeness (QED) is 0.942. The van der Waals surface area contributed by atoms with Crippen molar-refractivity contribution in [1.82, 2.24) is 19.6 Å². The van der Waals surface area contributed by atoms with Gasteiger partial charge in [-0.3, -0.25) is 0 Å². The molecule has 0 unspecified atom stereocenters. The third-order valence-electron chi connectivity index (χ3n) is 3.52. The van der Waals surface area contributed by atoms with E-state index in [4.69, 9.17) is 4.74 Å². The van der Waals surface area contributed by atoms with Crippen LogP contribution >= 0.6 is 0 Å². The molecule has 1 aliphatic heterocycles. The number of fused-ring (bicyclic) bond motifs is 1. The van der Waals surface area contributed by atoms with Gasteiger partial charge >= 0.3 is 6.09 Å². The van der Waals surface area contributed by atoms with Gasteiger partial charge in [0.25, 0.3) is 0 Å². The Morgan fingerprint density at radius 1 is 1.41 bits per heavy atom. The zero-order valence-electron chi connectivity index (χ0n) is 13.2. The molecule has 1 amide bonds. The molecule has 118 valence electrons. The van der Waals surface area contributed by atoms with Crippen LogP contribution in [0.15, 0.2) is 30.6 Å². The van der Waals surface area contributed by atoms with Gasteiger partial charge in [0.1, 0.15) is 11.2 Å². The first kappa shape index (κ1) is 14.8. The van der Waals surface area contributed by atoms with Gasteiger partial charge < -0.3 is 19.4 Å². The predicted octanol–water partition coefficient (Wildman–Crippen LogP) is 2.04. The van der Waals surface area contributed by atoms with Crippen molar-refractivity contribution in [1.29, 1.82) is 0 Å². The Kier molecular flexibility index (Phi) is 3.78. The van der Waals surface area contributed by atoms with Crippen LogP contribution in [-0.4, -0.2) is 45.1 Å². The van der Waals surface area contributed by atoms with E-state index >= 15 is 0 Å². The maximum absolute atomic E-state index is 11.8. The normalized spacial score (nSPS) is 15.9. The van der Waals surface area contributed by atoms with E-state index in [1.807, 2.05) is 55.8 Å². The average molecular weight is 302 g/mol. The number of rotatable bonds is 3. The minimum atomic E-state index is -0.438. The van der Waals surface area contributed by atoms with Crippen molar-refractivity contribution in [2.45, 2.75) is 39.0 Å². The molecule has 0 bridgehead atoms. The van der Waals surface area contributed by atoms with Gasteiger partial charge in [0, 0.05) is 38.1 Å². The Morgan fingerprint density at radius 2 is 2.18 bits per heavy atom. The Hall–Kier alpha value is -2.08. The zero-order valence-corrected chi connectivity index (χ0v) is 13.2. The van der Waals surface area contributed by atoms with Crippen LogP contribution in [0.25, 0.3) is 5.65 Å². The molecule has 1 saturated heterocycles. The van der Waals surface area contributed by atoms with E-state index in [0.717, 1.165) is 11.3 Å². The van der Waals surface area contributed by atoms with Gasteiger partial charge in [-0.2, -0.15) is 0 Å². The second-order valence-electron chi connectivity index (χ2n) is 6.66. The lowest BCUT2D eigenvalue weighted by molar-refractivity contribution is 0.00516. The number of ether oxygens (including phenoxy) is 1. The Balaban J connectivity index is 1.45. The fourth-order valence-electron chi connectivity index (χ4n) is 2.40. The van der Waals surface area contributed by atoms with E-state index in [-0.39, 0.29) is 6.09 Å². The van der Waals surface area contributed by atoms with Crippen molar-refractivity contribution >= 4 is 11.7 Å². The minimum Gasteiger partial charge on any atom is -0.444 e. The lowest BCUT2D eigenvalue weighted by Crippen LogP contribution is -2.60. The molecule has 1 N–H and O–H groups in total. The minimum absolute atomic E-state index is 0.238. The molecule has 3 rings (SSSR count). The molecule has 22 heavy (non-hydrogen) atoms. The Labute approximate surface area is 130 Å². The number of hydrogen-bond acceptors (Lipinski definition) is 4. The molecule has 1 aliphatic rings. The predicted molar refractivity (Wildman–Crippen MR) is 83.6 cm³/mol. The number of nitrogens with one attached hydrogen (secondary N) is 1. The summed E-state index contributed by atoms with van der Waals surface area (Å²) in [6.07, 6.45) is 3.77. The summed E-state index contributed by atoms with van der Waals surface area (Å²) in [7, 11) is 0. The van der Waals surface area contributed by atoms with Crippen molar-refractivity contribution in [3.8, 4) is 0 Å². The number of carbonyl (C=O) groups excluding carboxylic acids is 1. The van der Waals surface area contributed by atoms with Crippen LogP contribution in [0.4, 0.5) is 4.79 Å². The van der Waals surface area contributed by atoms with E-state index in [2.05, 4.69) is 10.3 Å². The van der Waals surface area contributed by atoms with Gasteiger partial charge in [0.15, 0.2) is 0 Å². The third-order valence-corrected chi connectivity index (χ3v) is 3.52. The Bertz CT molecular complexity index is 635. The number of aromatic nitrogens is 2. The molecule has 0 saturated carbocycles. The fraction of sp³-hybridized carbons (Fsp3) is 0.500. The van der Waals surface area contributed by atoms with Crippen LogP contribution in [0.1, 0.15) is 26.5 Å². The SMILES string of the molecule is CC(C)(C)OC(=O)N1CC(NCc2cn3ccccc3n2)C1. The number of pyridine rings is 1. The zero-order chi connectivity index (χ0) is 15.7. The molecule has 0 aromatic carbocycles. The molecule has 1 fully saturated rings. The van der Waals surface area contributed by atoms with Crippen LogP contribution in [0, 0.1) is 0 Å². The average Bonchev–Trinajstić information content (AvgIpc) is 2.77. The Morgan fingerprint density at radius 3 is 2.86 bits per heavy atom. The van der Waals surface area contributed by atoms with Gasteiger partial charge in [-0.1, -0.05) is 6.07 Å². The summed E-state index contributed by atoms with van der Waals surface area (Å²) in [5.41, 5.74) is 1.51. The molecule has 0 spiro atoms. The highest BCUT2D eigenvalue weighted by atomic mass is 16.6. The molecule has 0 radical (unpaired) electrons. The number of hydrogen-bond donors (Lipinski definition) is 1. The van der Waals surface area contributed by atoms with E-state index in [1.165, 1.54) is 0 Å². The van der Waals surface area contributed by atoms with Crippen LogP contribution in [0.2, 0.25) is 0 Å². The monoisotopic (exact) mass is 302 g/mol. The fourth-order valence-corrected chi connectivity index (χ4v) is 2.40. The van der Waals surface area contributed by atoms with Crippen molar-refractivity contribution in [3.05, 3.63) is 36.3 Å². The standard InChI is InChI=1S/C16H22N4O2/c1-16(2,3)22-15(21)20-10-13(11-20)17-8-12-9-19-7-5-4-6-14(19)18-12/h4-7,9,13,17H,8,10-11H2,1-3H3. The van der Waals surface area contributed by atoms with Crippen LogP contribution in [0.3, 0.4) is 0 Å². The first-order valence-corrected chi connectivity index (χ1v) is 7.55. The molecule has 0 atom stereocenters. The first-order valence-electron chi connectivity index (χ1n) is 7.55. The van der Waals surface area contributed by atoms with Crippen LogP contribution < -0.4 is 5.32 Å². The van der Waals surface area contributed by atoms with E-state index in [0.29, 0.717) is 25.7 Å². The third kappa shape index (κ3) is 3.39. The van der Waals surface area contributed by atoms with Crippen molar-refractivity contribution in [2.75, 3.05) is 13.1 Å². The van der Waals surface area contributed by atoms with Crippen LogP contribution in [-0.2, 0) is 11.3 Å². The summed E-state index contributed by atoms with van der Waals surface area (Å²) in [6, 6.07) is 6.25. The smallest absolute Gasteiger partial charge is 0.410 e. The second-order valence-corrected chi connectivity index (χ2v) is 6.66. The largest absolute Gasteiger partial charge is 0.444 e. The molecule has 3 heterocycles. The van der Waals surface area contributed by atoms with E-state index in [1.54, 1.807) is 4.90 Å². The summed E-state index contributed by atoms with van der Waals surface area (Å²) < 4.78 is 7.34. The molecule has 2 aromatic rings. The summed E-state index contributed by atoms with van der Waals surface area (Å²) in [4.78, 5) is 18.1. The number of imidazole rings is 1. The molecule has 0 aliphatic carbocycles. The summed E-state index contributed by atoms with van der Waals surface area (Å²) >= 11 is 0. The lowest BCUT2D eigenvalue weighted by Gasteiger charge is -2.40. The van der Waals surface area contributed by atoms with Gasteiger partial charge in [0.05, 0.1) is 5.69 Å². The lowest BCUT2D eigenvalue weighted by atomic mass is 10.1. The number of carbonyl (C=O) groups is 1. The summed E-state index contributed by atoms with van der Waals surface area (Å²) in [5, 5.41) is 3.42. The number of likely N-dealkylation sites (tertiary alicyclic amines) is 1. The summed E-state index contributed by atoms with van der Waals surface area (Å²) in [5.74, 6) is 0. The summed E-state index contributed by atoms with van der Waals surface area (Å²) in [6.45, 7) is 7.70. The first-order chi connectivity index (χ1) is 10.4. The molecule has 2 aromatic heterocycles. The van der Waals surface area contributed by atoms with Gasteiger partial charge in [-0.25, -0.2) is 9.78 Å². The number of nitrogens with zero attached hydrogens (tertiary/aromatic N) is 3. The van der Waals surface area contributed by atoms with Crippen molar-refractivity contribution in [2.24, 2.45) is 0 Å². The molecule has 6 heteroatoms. The van der Waals surface area contributed by atoms with Gasteiger partial charge in [-0.15, -0.1) is 0 Å². The van der Waals surface area contributed by atoms with Gasteiger partial charge in [0.2, 0.25) is 0 Å². The van der Waals surface area contributed by atoms with E-state index in [9.17, 15) is 4.79 Å². The highest BCUT2D eigenvalue weighted by molar-refractivity contribution is 5.69. The van der Waals surface area contributed by atoms with Gasteiger partial charge in [-0.05, 0) is 32.9 Å². The van der Waals surface area contributed by atoms with Crippen molar-refractivity contribution < 1.29 is 9.53 Å². The second kappa shape index (κ2) is 5.61. The van der Waals surface area contributed by atoms with E-state index < -0.39 is 5.60 Å². The van der Waals surface area contributed by atoms with Crippen molar-refractivity contribution in [3.63, 3.8) is 0 Å².